The Hall–Kier alpha value is -2.09. The fourth-order valence-corrected chi connectivity index (χ4v) is 1.64. The molecule has 0 fully saturated rings. The highest BCUT2D eigenvalue weighted by molar-refractivity contribution is 5.94. The highest BCUT2D eigenvalue weighted by atomic mass is 16.1. The molecule has 2 rings (SSSR count). The normalized spacial score (nSPS) is 10.1. The van der Waals surface area contributed by atoms with Gasteiger partial charge in [0.2, 0.25) is 0 Å². The third-order valence-electron chi connectivity index (χ3n) is 2.56. The van der Waals surface area contributed by atoms with Crippen LogP contribution >= 0.6 is 0 Å². The Labute approximate surface area is 94.7 Å². The van der Waals surface area contributed by atoms with Gasteiger partial charge in [-0.05, 0) is 18.6 Å². The van der Waals surface area contributed by atoms with E-state index < -0.39 is 0 Å². The molecule has 2 heteroatoms. The summed E-state index contributed by atoms with van der Waals surface area (Å²) in [5.74, 6) is 0.0765. The van der Waals surface area contributed by atoms with E-state index in [4.69, 9.17) is 5.73 Å². The summed E-state index contributed by atoms with van der Waals surface area (Å²) in [6.07, 6.45) is 0. The largest absolute Gasteiger partial charge is 0.398 e. The van der Waals surface area contributed by atoms with Crippen LogP contribution in [0.2, 0.25) is 0 Å². The summed E-state index contributed by atoms with van der Waals surface area (Å²) in [4.78, 5) is 11.1. The van der Waals surface area contributed by atoms with Crippen LogP contribution in [0.15, 0.2) is 48.5 Å². The van der Waals surface area contributed by atoms with Gasteiger partial charge in [0.25, 0.3) is 0 Å². The summed E-state index contributed by atoms with van der Waals surface area (Å²) >= 11 is 0. The number of rotatable bonds is 2. The van der Waals surface area contributed by atoms with Gasteiger partial charge in [-0.3, -0.25) is 4.79 Å². The summed E-state index contributed by atoms with van der Waals surface area (Å²) in [5, 5.41) is 0. The smallest absolute Gasteiger partial charge is 0.159 e. The summed E-state index contributed by atoms with van der Waals surface area (Å²) in [7, 11) is 0. The van der Waals surface area contributed by atoms with Crippen LogP contribution in [0.1, 0.15) is 17.3 Å². The van der Waals surface area contributed by atoms with Crippen molar-refractivity contribution in [1.29, 1.82) is 0 Å². The van der Waals surface area contributed by atoms with Crippen LogP contribution in [-0.4, -0.2) is 5.78 Å². The summed E-state index contributed by atoms with van der Waals surface area (Å²) in [6, 6.07) is 15.2. The predicted molar refractivity (Wildman–Crippen MR) is 66.3 cm³/mol. The fraction of sp³-hybridized carbons (Fsp3) is 0.0714. The molecular formula is C14H13NO. The maximum absolute atomic E-state index is 11.1. The van der Waals surface area contributed by atoms with E-state index in [2.05, 4.69) is 0 Å². The molecule has 0 radical (unpaired) electrons. The standard InChI is InChI=1S/C14H13NO/c1-10(16)11-6-8-12(9-7-11)13-4-2-3-5-14(13)15/h2-9H,15H2,1H3. The molecule has 0 aromatic heterocycles. The molecule has 0 bridgehead atoms. The number of anilines is 1. The molecule has 2 N–H and O–H groups in total. The van der Waals surface area contributed by atoms with Gasteiger partial charge in [-0.25, -0.2) is 0 Å². The predicted octanol–water partition coefficient (Wildman–Crippen LogP) is 3.14. The van der Waals surface area contributed by atoms with Gasteiger partial charge in [-0.1, -0.05) is 42.5 Å². The number of hydrogen-bond acceptors (Lipinski definition) is 2. The van der Waals surface area contributed by atoms with Crippen molar-refractivity contribution in [2.75, 3.05) is 5.73 Å². The lowest BCUT2D eigenvalue weighted by atomic mass is 10.0. The Morgan fingerprint density at radius 2 is 1.62 bits per heavy atom. The summed E-state index contributed by atoms with van der Waals surface area (Å²) in [5.41, 5.74) is 9.38. The first-order chi connectivity index (χ1) is 7.68. The van der Waals surface area contributed by atoms with Crippen LogP contribution in [0.3, 0.4) is 0 Å². The molecule has 0 aliphatic heterocycles. The highest BCUT2D eigenvalue weighted by Gasteiger charge is 2.03. The first-order valence-corrected chi connectivity index (χ1v) is 5.14. The van der Waals surface area contributed by atoms with Crippen molar-refractivity contribution in [2.24, 2.45) is 0 Å². The molecule has 0 amide bonds. The van der Waals surface area contributed by atoms with E-state index in [1.165, 1.54) is 0 Å². The zero-order valence-corrected chi connectivity index (χ0v) is 9.10. The van der Waals surface area contributed by atoms with Crippen LogP contribution in [0, 0.1) is 0 Å². The van der Waals surface area contributed by atoms with Gasteiger partial charge in [0.1, 0.15) is 0 Å². The average Bonchev–Trinajstić information content (AvgIpc) is 2.30. The van der Waals surface area contributed by atoms with Crippen LogP contribution in [0.4, 0.5) is 5.69 Å². The minimum atomic E-state index is 0.0765. The molecule has 0 saturated carbocycles. The van der Waals surface area contributed by atoms with E-state index in [1.807, 2.05) is 48.5 Å². The van der Waals surface area contributed by atoms with Crippen molar-refractivity contribution in [1.82, 2.24) is 0 Å². The third-order valence-corrected chi connectivity index (χ3v) is 2.56. The van der Waals surface area contributed by atoms with Crippen LogP contribution in [-0.2, 0) is 0 Å². The Bertz CT molecular complexity index is 515. The van der Waals surface area contributed by atoms with Gasteiger partial charge in [0.15, 0.2) is 5.78 Å². The zero-order valence-electron chi connectivity index (χ0n) is 9.10. The lowest BCUT2D eigenvalue weighted by molar-refractivity contribution is 0.101. The molecule has 0 unspecified atom stereocenters. The fourth-order valence-electron chi connectivity index (χ4n) is 1.64. The van der Waals surface area contributed by atoms with Crippen molar-refractivity contribution in [3.8, 4) is 11.1 Å². The SMILES string of the molecule is CC(=O)c1ccc(-c2ccccc2N)cc1. The molecule has 16 heavy (non-hydrogen) atoms. The van der Waals surface area contributed by atoms with E-state index >= 15 is 0 Å². The number of Topliss-reactive ketones (excluding diaryl/α,β-unsaturated/α-hetero) is 1. The molecule has 0 saturated heterocycles. The van der Waals surface area contributed by atoms with Gasteiger partial charge in [-0.2, -0.15) is 0 Å². The lowest BCUT2D eigenvalue weighted by Gasteiger charge is -2.05. The van der Waals surface area contributed by atoms with Crippen LogP contribution in [0.25, 0.3) is 11.1 Å². The maximum Gasteiger partial charge on any atom is 0.159 e. The molecule has 0 aliphatic rings. The number of carbonyl (C=O) groups is 1. The first-order valence-electron chi connectivity index (χ1n) is 5.14. The molecule has 0 spiro atoms. The number of hydrogen-bond donors (Lipinski definition) is 1. The quantitative estimate of drug-likeness (QED) is 0.612. The van der Waals surface area contributed by atoms with Crippen molar-refractivity contribution in [2.45, 2.75) is 6.92 Å². The van der Waals surface area contributed by atoms with Crippen LogP contribution < -0.4 is 5.73 Å². The van der Waals surface area contributed by atoms with Crippen molar-refractivity contribution in [3.05, 3.63) is 54.1 Å². The highest BCUT2D eigenvalue weighted by Crippen LogP contribution is 2.25. The van der Waals surface area contributed by atoms with E-state index in [0.29, 0.717) is 0 Å². The number of ketones is 1. The second kappa shape index (κ2) is 4.19. The Kier molecular flexibility index (Phi) is 2.73. The average molecular weight is 211 g/mol. The number of nitrogen functional groups attached to an aromatic ring is 1. The first kappa shape index (κ1) is 10.4. The van der Waals surface area contributed by atoms with Crippen molar-refractivity contribution >= 4 is 11.5 Å². The number of nitrogens with two attached hydrogens (primary N) is 1. The second-order valence-corrected chi connectivity index (χ2v) is 3.72. The molecule has 2 nitrogen and oxygen atoms in total. The number of benzene rings is 2. The molecule has 80 valence electrons. The van der Waals surface area contributed by atoms with E-state index in [0.717, 1.165) is 22.4 Å². The molecule has 2 aromatic rings. The van der Waals surface area contributed by atoms with Gasteiger partial charge in [-0.15, -0.1) is 0 Å². The van der Waals surface area contributed by atoms with Gasteiger partial charge in [0.05, 0.1) is 0 Å². The third kappa shape index (κ3) is 1.96. The molecule has 0 heterocycles. The van der Waals surface area contributed by atoms with E-state index in [-0.39, 0.29) is 5.78 Å². The lowest BCUT2D eigenvalue weighted by Crippen LogP contribution is -1.92. The van der Waals surface area contributed by atoms with E-state index in [9.17, 15) is 4.79 Å². The van der Waals surface area contributed by atoms with Crippen LogP contribution in [0.5, 0.6) is 0 Å². The molecule has 0 atom stereocenters. The maximum atomic E-state index is 11.1. The zero-order chi connectivity index (χ0) is 11.5. The molecule has 2 aromatic carbocycles. The second-order valence-electron chi connectivity index (χ2n) is 3.72. The van der Waals surface area contributed by atoms with Gasteiger partial charge < -0.3 is 5.73 Å². The van der Waals surface area contributed by atoms with Crippen molar-refractivity contribution in [3.63, 3.8) is 0 Å². The topological polar surface area (TPSA) is 43.1 Å². The molecular weight excluding hydrogens is 198 g/mol. The Morgan fingerprint density at radius 1 is 1.00 bits per heavy atom. The number of carbonyl (C=O) groups excluding carboxylic acids is 1. The Morgan fingerprint density at radius 3 is 2.19 bits per heavy atom. The Balaban J connectivity index is 2.43. The summed E-state index contributed by atoms with van der Waals surface area (Å²) in [6.45, 7) is 1.56. The number of para-hydroxylation sites is 1. The summed E-state index contributed by atoms with van der Waals surface area (Å²) < 4.78 is 0. The monoisotopic (exact) mass is 211 g/mol. The van der Waals surface area contributed by atoms with Gasteiger partial charge >= 0.3 is 0 Å². The van der Waals surface area contributed by atoms with Gasteiger partial charge in [0, 0.05) is 16.8 Å². The molecule has 0 aliphatic carbocycles. The minimum absolute atomic E-state index is 0.0765. The van der Waals surface area contributed by atoms with Crippen molar-refractivity contribution < 1.29 is 4.79 Å². The minimum Gasteiger partial charge on any atom is -0.398 e. The van der Waals surface area contributed by atoms with E-state index in [1.54, 1.807) is 6.92 Å².